The van der Waals surface area contributed by atoms with E-state index in [9.17, 15) is 22.4 Å². The van der Waals surface area contributed by atoms with Crippen molar-refractivity contribution in [2.45, 2.75) is 4.90 Å². The van der Waals surface area contributed by atoms with Gasteiger partial charge in [-0.1, -0.05) is 11.6 Å². The first-order valence-corrected chi connectivity index (χ1v) is 8.53. The molecule has 0 atom stereocenters. The average Bonchev–Trinajstić information content (AvgIpc) is 2.76. The van der Waals surface area contributed by atoms with Crippen LogP contribution in [0.25, 0.3) is 0 Å². The molecule has 2 heterocycles. The Morgan fingerprint density at radius 3 is 2.57 bits per heavy atom. The minimum absolute atomic E-state index is 0.0981. The molecule has 1 aromatic rings. The topological polar surface area (TPSA) is 84.0 Å². The van der Waals surface area contributed by atoms with Crippen LogP contribution >= 0.6 is 11.6 Å². The van der Waals surface area contributed by atoms with E-state index in [1.54, 1.807) is 0 Å². The number of carbonyl (C=O) groups excluding carboxylic acids is 2. The van der Waals surface area contributed by atoms with Gasteiger partial charge in [-0.2, -0.15) is 4.31 Å². The van der Waals surface area contributed by atoms with Crippen LogP contribution in [0, 0.1) is 11.7 Å². The van der Waals surface area contributed by atoms with Gasteiger partial charge >= 0.3 is 6.09 Å². The highest BCUT2D eigenvalue weighted by atomic mass is 35.5. The lowest BCUT2D eigenvalue weighted by atomic mass is 10.0. The highest BCUT2D eigenvalue weighted by molar-refractivity contribution is 7.89. The summed E-state index contributed by atoms with van der Waals surface area (Å²) in [5.41, 5.74) is 0. The van der Waals surface area contributed by atoms with Crippen molar-refractivity contribution in [3.63, 3.8) is 0 Å². The molecule has 10 heteroatoms. The molecule has 0 radical (unpaired) electrons. The number of cyclic esters (lactones) is 1. The molecule has 0 bridgehead atoms. The van der Waals surface area contributed by atoms with Crippen LogP contribution in [0.3, 0.4) is 0 Å². The lowest BCUT2D eigenvalue weighted by molar-refractivity contribution is -0.126. The number of halogens is 2. The molecule has 0 N–H and O–H groups in total. The number of hydrogen-bond acceptors (Lipinski definition) is 5. The summed E-state index contributed by atoms with van der Waals surface area (Å²) < 4.78 is 43.6. The second-order valence-electron chi connectivity index (χ2n) is 5.32. The molecule has 3 rings (SSSR count). The highest BCUT2D eigenvalue weighted by Crippen LogP contribution is 2.28. The van der Waals surface area contributed by atoms with Crippen molar-refractivity contribution in [3.8, 4) is 0 Å². The first-order valence-electron chi connectivity index (χ1n) is 6.71. The van der Waals surface area contributed by atoms with Gasteiger partial charge in [0.1, 0.15) is 5.82 Å². The number of imide groups is 1. The van der Waals surface area contributed by atoms with Crippen molar-refractivity contribution in [3.05, 3.63) is 29.0 Å². The zero-order chi connectivity index (χ0) is 16.8. The number of amides is 2. The third-order valence-electron chi connectivity index (χ3n) is 3.73. The molecule has 2 aliphatic heterocycles. The van der Waals surface area contributed by atoms with E-state index in [4.69, 9.17) is 11.6 Å². The van der Waals surface area contributed by atoms with Crippen LogP contribution in [-0.2, 0) is 19.6 Å². The van der Waals surface area contributed by atoms with Gasteiger partial charge in [-0.25, -0.2) is 22.5 Å². The Hall–Kier alpha value is -1.71. The van der Waals surface area contributed by atoms with Crippen LogP contribution in [0.1, 0.15) is 0 Å². The molecule has 2 aliphatic rings. The molecule has 1 aromatic carbocycles. The van der Waals surface area contributed by atoms with Gasteiger partial charge in [0.05, 0.1) is 9.92 Å². The van der Waals surface area contributed by atoms with E-state index in [1.807, 2.05) is 0 Å². The van der Waals surface area contributed by atoms with Gasteiger partial charge in [-0.15, -0.1) is 0 Å². The molecule has 2 saturated heterocycles. The lowest BCUT2D eigenvalue weighted by Gasteiger charge is -2.39. The van der Waals surface area contributed by atoms with Gasteiger partial charge in [-0.3, -0.25) is 4.79 Å². The molecule has 2 amide bonds. The van der Waals surface area contributed by atoms with Crippen LogP contribution in [0.5, 0.6) is 0 Å². The second-order valence-corrected chi connectivity index (χ2v) is 7.67. The third kappa shape index (κ3) is 2.91. The summed E-state index contributed by atoms with van der Waals surface area (Å²) in [5, 5.41) is -0.270. The van der Waals surface area contributed by atoms with Gasteiger partial charge in [-0.05, 0) is 18.2 Å². The number of hydrogen-bond donors (Lipinski definition) is 0. The highest BCUT2D eigenvalue weighted by Gasteiger charge is 2.41. The zero-order valence-corrected chi connectivity index (χ0v) is 13.3. The zero-order valence-electron chi connectivity index (χ0n) is 11.7. The Bertz CT molecular complexity index is 763. The van der Waals surface area contributed by atoms with Crippen LogP contribution in [0.2, 0.25) is 5.02 Å². The molecule has 2 fully saturated rings. The molecular formula is C13H12ClFN2O5S. The van der Waals surface area contributed by atoms with E-state index in [-0.39, 0.29) is 42.1 Å². The van der Waals surface area contributed by atoms with Crippen molar-refractivity contribution in [2.24, 2.45) is 5.92 Å². The van der Waals surface area contributed by atoms with E-state index >= 15 is 0 Å². The summed E-state index contributed by atoms with van der Waals surface area (Å²) in [6.45, 7) is 0.165. The van der Waals surface area contributed by atoms with Crippen LogP contribution in [0.4, 0.5) is 9.18 Å². The summed E-state index contributed by atoms with van der Waals surface area (Å²) in [6, 6.07) is 3.19. The largest absolute Gasteiger partial charge is 0.439 e. The van der Waals surface area contributed by atoms with Gasteiger partial charge in [0, 0.05) is 25.6 Å². The van der Waals surface area contributed by atoms with Crippen LogP contribution in [-0.4, -0.2) is 55.9 Å². The van der Waals surface area contributed by atoms with Gasteiger partial charge < -0.3 is 4.74 Å². The minimum Gasteiger partial charge on any atom is -0.439 e. The van der Waals surface area contributed by atoms with Crippen molar-refractivity contribution in [1.29, 1.82) is 0 Å². The van der Waals surface area contributed by atoms with E-state index in [0.29, 0.717) is 0 Å². The first kappa shape index (κ1) is 16.2. The average molecular weight is 363 g/mol. The van der Waals surface area contributed by atoms with E-state index in [0.717, 1.165) is 23.1 Å². The van der Waals surface area contributed by atoms with E-state index < -0.39 is 27.8 Å². The summed E-state index contributed by atoms with van der Waals surface area (Å²) >= 11 is 5.61. The van der Waals surface area contributed by atoms with Crippen molar-refractivity contribution >= 4 is 33.6 Å². The Labute approximate surface area is 136 Å². The maximum absolute atomic E-state index is 13.1. The molecule has 0 aliphatic carbocycles. The predicted molar refractivity (Wildman–Crippen MR) is 76.7 cm³/mol. The van der Waals surface area contributed by atoms with Crippen LogP contribution < -0.4 is 0 Å². The first-order chi connectivity index (χ1) is 10.8. The van der Waals surface area contributed by atoms with Gasteiger partial charge in [0.15, 0.2) is 6.61 Å². The normalized spacial score (nSPS) is 19.8. The molecule has 0 spiro atoms. The fourth-order valence-electron chi connectivity index (χ4n) is 2.44. The molecule has 23 heavy (non-hydrogen) atoms. The summed E-state index contributed by atoms with van der Waals surface area (Å²) in [5.74, 6) is -1.28. The van der Waals surface area contributed by atoms with Gasteiger partial charge in [0.2, 0.25) is 10.0 Å². The van der Waals surface area contributed by atoms with Crippen molar-refractivity contribution in [1.82, 2.24) is 9.21 Å². The number of nitrogens with zero attached hydrogens (tertiary/aromatic N) is 2. The Morgan fingerprint density at radius 2 is 2.00 bits per heavy atom. The quantitative estimate of drug-likeness (QED) is 0.800. The van der Waals surface area contributed by atoms with E-state index in [1.165, 1.54) is 4.31 Å². The number of sulfonamides is 1. The fraction of sp³-hybridized carbons (Fsp3) is 0.385. The third-order valence-corrected chi connectivity index (χ3v) is 5.85. The van der Waals surface area contributed by atoms with Crippen LogP contribution in [0.15, 0.2) is 23.1 Å². The molecule has 0 saturated carbocycles. The molecule has 124 valence electrons. The number of ether oxygens (including phenoxy) is 1. The van der Waals surface area contributed by atoms with E-state index in [2.05, 4.69) is 4.74 Å². The number of benzene rings is 1. The SMILES string of the molecule is O=C1COC(=O)N1CC1CN(S(=O)(=O)c2ccc(F)c(Cl)c2)C1. The molecular weight excluding hydrogens is 351 g/mol. The monoisotopic (exact) mass is 362 g/mol. The Morgan fingerprint density at radius 1 is 1.30 bits per heavy atom. The number of carbonyl (C=O) groups is 2. The lowest BCUT2D eigenvalue weighted by Crippen LogP contribution is -2.54. The number of rotatable bonds is 4. The molecule has 0 unspecified atom stereocenters. The van der Waals surface area contributed by atoms with Gasteiger partial charge in [0.25, 0.3) is 5.91 Å². The summed E-state index contributed by atoms with van der Waals surface area (Å²) in [6.07, 6.45) is -0.707. The minimum atomic E-state index is -3.77. The van der Waals surface area contributed by atoms with Crippen molar-refractivity contribution in [2.75, 3.05) is 26.2 Å². The second kappa shape index (κ2) is 5.73. The molecule has 0 aromatic heterocycles. The molecule has 7 nitrogen and oxygen atoms in total. The standard InChI is InChI=1S/C13H12ClFN2O5S/c14-10-3-9(1-2-11(10)15)23(20,21)16-4-8(5-16)6-17-12(18)7-22-13(17)19/h1-3,8H,4-7H2. The predicted octanol–water partition coefficient (Wildman–Crippen LogP) is 1.08. The maximum atomic E-state index is 13.1. The smallest absolute Gasteiger partial charge is 0.417 e. The summed E-state index contributed by atoms with van der Waals surface area (Å²) in [7, 11) is -3.77. The summed E-state index contributed by atoms with van der Waals surface area (Å²) in [4.78, 5) is 23.6. The maximum Gasteiger partial charge on any atom is 0.417 e. The Balaban J connectivity index is 1.65. The fourth-order valence-corrected chi connectivity index (χ4v) is 4.30. The Kier molecular flexibility index (Phi) is 4.03. The van der Waals surface area contributed by atoms with Crippen molar-refractivity contribution < 1.29 is 27.1 Å².